The third-order valence-corrected chi connectivity index (χ3v) is 6.88. The first-order valence-corrected chi connectivity index (χ1v) is 11.3. The topological polar surface area (TPSA) is 23.5 Å². The van der Waals surface area contributed by atoms with Crippen LogP contribution in [0.15, 0.2) is 103 Å². The summed E-state index contributed by atoms with van der Waals surface area (Å²) in [4.78, 5) is 2.54. The molecule has 1 aliphatic rings. The molecule has 0 aromatic heterocycles. The summed E-state index contributed by atoms with van der Waals surface area (Å²) in [7, 11) is 0. The van der Waals surface area contributed by atoms with E-state index in [1.165, 1.54) is 16.3 Å². The maximum atomic E-state index is 12.1. The molecule has 0 radical (unpaired) electrons. The predicted molar refractivity (Wildman–Crippen MR) is 128 cm³/mol. The van der Waals surface area contributed by atoms with Gasteiger partial charge in [0.2, 0.25) is 0 Å². The third kappa shape index (κ3) is 3.89. The van der Waals surface area contributed by atoms with Gasteiger partial charge in [0.15, 0.2) is 0 Å². The van der Waals surface area contributed by atoms with Crippen molar-refractivity contribution >= 4 is 10.8 Å². The van der Waals surface area contributed by atoms with Gasteiger partial charge in [0.1, 0.15) is 5.60 Å². The van der Waals surface area contributed by atoms with Crippen molar-refractivity contribution < 1.29 is 5.11 Å². The smallest absolute Gasteiger partial charge is 0.117 e. The fourth-order valence-corrected chi connectivity index (χ4v) is 5.20. The van der Waals surface area contributed by atoms with E-state index >= 15 is 0 Å². The van der Waals surface area contributed by atoms with Crippen molar-refractivity contribution in [3.63, 3.8) is 0 Å². The molecule has 0 atom stereocenters. The van der Waals surface area contributed by atoms with Crippen LogP contribution in [0, 0.1) is 5.92 Å². The number of hydrogen-bond acceptors (Lipinski definition) is 2. The van der Waals surface area contributed by atoms with Gasteiger partial charge in [0.05, 0.1) is 0 Å². The average Bonchev–Trinajstić information content (AvgIpc) is 2.85. The summed E-state index contributed by atoms with van der Waals surface area (Å²) in [5.74, 6) is 0.195. The van der Waals surface area contributed by atoms with Crippen LogP contribution in [0.3, 0.4) is 0 Å². The number of hydrogen-bond donors (Lipinski definition) is 1. The highest BCUT2D eigenvalue weighted by Gasteiger charge is 2.41. The molecule has 31 heavy (non-hydrogen) atoms. The van der Waals surface area contributed by atoms with Gasteiger partial charge >= 0.3 is 0 Å². The molecule has 0 unspecified atom stereocenters. The Balaban J connectivity index is 1.37. The van der Waals surface area contributed by atoms with Crippen molar-refractivity contribution in [1.82, 2.24) is 4.90 Å². The molecule has 5 rings (SSSR count). The highest BCUT2D eigenvalue weighted by Crippen LogP contribution is 2.42. The zero-order valence-corrected chi connectivity index (χ0v) is 17.8. The Kier molecular flexibility index (Phi) is 5.59. The average molecular weight is 408 g/mol. The SMILES string of the molecule is OC(c1ccccc1)(c1ccccc1)C1CCN(Cc2cccc3ccccc23)CC1. The zero-order valence-electron chi connectivity index (χ0n) is 17.8. The van der Waals surface area contributed by atoms with Crippen molar-refractivity contribution in [3.8, 4) is 0 Å². The lowest BCUT2D eigenvalue weighted by atomic mass is 9.72. The van der Waals surface area contributed by atoms with Crippen LogP contribution < -0.4 is 0 Å². The highest BCUT2D eigenvalue weighted by atomic mass is 16.3. The van der Waals surface area contributed by atoms with Crippen LogP contribution >= 0.6 is 0 Å². The molecule has 2 heteroatoms. The minimum absolute atomic E-state index is 0.195. The lowest BCUT2D eigenvalue weighted by molar-refractivity contribution is -0.0152. The van der Waals surface area contributed by atoms with Gasteiger partial charge in [-0.3, -0.25) is 4.90 Å². The Bertz CT molecular complexity index is 1090. The fourth-order valence-electron chi connectivity index (χ4n) is 5.20. The molecule has 2 nitrogen and oxygen atoms in total. The van der Waals surface area contributed by atoms with Crippen LogP contribution in [-0.4, -0.2) is 23.1 Å². The Morgan fingerprint density at radius 2 is 1.23 bits per heavy atom. The molecule has 4 aromatic carbocycles. The second-order valence-corrected chi connectivity index (χ2v) is 8.69. The lowest BCUT2D eigenvalue weighted by Gasteiger charge is -2.42. The summed E-state index contributed by atoms with van der Waals surface area (Å²) in [6.45, 7) is 2.95. The number of benzene rings is 4. The number of nitrogens with zero attached hydrogens (tertiary/aromatic N) is 1. The van der Waals surface area contributed by atoms with Crippen LogP contribution in [0.2, 0.25) is 0 Å². The standard InChI is InChI=1S/C29H29NO/c31-29(25-13-3-1-4-14-25,26-15-5-2-6-16-26)27-18-20-30(21-19-27)22-24-12-9-11-23-10-7-8-17-28(23)24/h1-17,27,31H,18-22H2. The molecule has 0 spiro atoms. The first-order valence-electron chi connectivity index (χ1n) is 11.3. The summed E-state index contributed by atoms with van der Waals surface area (Å²) in [6.07, 6.45) is 1.95. The van der Waals surface area contributed by atoms with E-state index in [0.717, 1.165) is 43.6 Å². The molecule has 1 fully saturated rings. The molecule has 156 valence electrons. The second-order valence-electron chi connectivity index (χ2n) is 8.69. The monoisotopic (exact) mass is 407 g/mol. The van der Waals surface area contributed by atoms with E-state index in [-0.39, 0.29) is 5.92 Å². The summed E-state index contributed by atoms with van der Waals surface area (Å²) >= 11 is 0. The van der Waals surface area contributed by atoms with Gasteiger partial charge in [-0.15, -0.1) is 0 Å². The lowest BCUT2D eigenvalue weighted by Crippen LogP contribution is -2.44. The van der Waals surface area contributed by atoms with Gasteiger partial charge in [-0.1, -0.05) is 103 Å². The molecule has 1 heterocycles. The summed E-state index contributed by atoms with van der Waals surface area (Å²) < 4.78 is 0. The van der Waals surface area contributed by atoms with Crippen LogP contribution in [0.4, 0.5) is 0 Å². The van der Waals surface area contributed by atoms with Crippen molar-refractivity contribution in [3.05, 3.63) is 120 Å². The molecular weight excluding hydrogens is 378 g/mol. The number of likely N-dealkylation sites (tertiary alicyclic amines) is 1. The normalized spacial score (nSPS) is 15.9. The quantitative estimate of drug-likeness (QED) is 0.439. The largest absolute Gasteiger partial charge is 0.380 e. The fraction of sp³-hybridized carbons (Fsp3) is 0.241. The van der Waals surface area contributed by atoms with Gasteiger partial charge in [-0.05, 0) is 59.3 Å². The van der Waals surface area contributed by atoms with Crippen LogP contribution in [0.5, 0.6) is 0 Å². The van der Waals surface area contributed by atoms with E-state index < -0.39 is 5.60 Å². The maximum Gasteiger partial charge on any atom is 0.117 e. The molecule has 1 saturated heterocycles. The van der Waals surface area contributed by atoms with E-state index in [4.69, 9.17) is 0 Å². The van der Waals surface area contributed by atoms with Crippen LogP contribution in [-0.2, 0) is 12.1 Å². The minimum atomic E-state index is -0.950. The predicted octanol–water partition coefficient (Wildman–Crippen LogP) is 5.99. The van der Waals surface area contributed by atoms with Crippen molar-refractivity contribution in [2.24, 2.45) is 5.92 Å². The van der Waals surface area contributed by atoms with Gasteiger partial charge < -0.3 is 5.11 Å². The molecule has 0 aliphatic carbocycles. The first-order chi connectivity index (χ1) is 15.2. The number of rotatable bonds is 5. The molecule has 0 bridgehead atoms. The second kappa shape index (κ2) is 8.66. The van der Waals surface area contributed by atoms with Crippen LogP contribution in [0.25, 0.3) is 10.8 Å². The van der Waals surface area contributed by atoms with Gasteiger partial charge in [-0.2, -0.15) is 0 Å². The Hall–Kier alpha value is -2.94. The van der Waals surface area contributed by atoms with E-state index in [0.29, 0.717) is 0 Å². The van der Waals surface area contributed by atoms with Crippen molar-refractivity contribution in [1.29, 1.82) is 0 Å². The summed E-state index contributed by atoms with van der Waals surface area (Å²) in [5, 5.41) is 14.7. The van der Waals surface area contributed by atoms with E-state index in [1.807, 2.05) is 36.4 Å². The molecule has 0 saturated carbocycles. The first kappa shape index (κ1) is 20.0. The number of aliphatic hydroxyl groups is 1. The Morgan fingerprint density at radius 1 is 0.677 bits per heavy atom. The van der Waals surface area contributed by atoms with E-state index in [2.05, 4.69) is 71.6 Å². The molecule has 4 aromatic rings. The van der Waals surface area contributed by atoms with Gasteiger partial charge in [-0.25, -0.2) is 0 Å². The number of fused-ring (bicyclic) bond motifs is 1. The van der Waals surface area contributed by atoms with Gasteiger partial charge in [0, 0.05) is 6.54 Å². The van der Waals surface area contributed by atoms with Crippen LogP contribution in [0.1, 0.15) is 29.5 Å². The molecular formula is C29H29NO. The summed E-state index contributed by atoms with van der Waals surface area (Å²) in [5.41, 5.74) is 2.42. The molecule has 1 aliphatic heterocycles. The van der Waals surface area contributed by atoms with Crippen molar-refractivity contribution in [2.45, 2.75) is 25.0 Å². The van der Waals surface area contributed by atoms with E-state index in [9.17, 15) is 5.11 Å². The minimum Gasteiger partial charge on any atom is -0.380 e. The Morgan fingerprint density at radius 3 is 1.87 bits per heavy atom. The van der Waals surface area contributed by atoms with Gasteiger partial charge in [0.25, 0.3) is 0 Å². The molecule has 0 amide bonds. The third-order valence-electron chi connectivity index (χ3n) is 6.88. The summed E-state index contributed by atoms with van der Waals surface area (Å²) in [6, 6.07) is 35.6. The zero-order chi connectivity index (χ0) is 21.1. The highest BCUT2D eigenvalue weighted by molar-refractivity contribution is 5.85. The number of piperidine rings is 1. The maximum absolute atomic E-state index is 12.1. The van der Waals surface area contributed by atoms with E-state index in [1.54, 1.807) is 0 Å². The molecule has 1 N–H and O–H groups in total. The Labute approximate surface area is 184 Å². The van der Waals surface area contributed by atoms with Crippen molar-refractivity contribution in [2.75, 3.05) is 13.1 Å².